The van der Waals surface area contributed by atoms with E-state index in [1.165, 1.54) is 0 Å². The Morgan fingerprint density at radius 1 is 1.70 bits per heavy atom. The first kappa shape index (κ1) is 9.32. The van der Waals surface area contributed by atoms with Gasteiger partial charge in [0.05, 0.1) is 6.61 Å². The van der Waals surface area contributed by atoms with E-state index in [0.717, 1.165) is 0 Å². The highest BCUT2D eigenvalue weighted by molar-refractivity contribution is 5.70. The van der Waals surface area contributed by atoms with Crippen molar-refractivity contribution in [2.75, 3.05) is 19.9 Å². The first-order chi connectivity index (χ1) is 4.70. The first-order valence-electron chi connectivity index (χ1n) is 2.71. The van der Waals surface area contributed by atoms with Crippen LogP contribution in [0.4, 0.5) is 4.39 Å². The van der Waals surface area contributed by atoms with Gasteiger partial charge in [-0.15, -0.1) is 0 Å². The zero-order valence-electron chi connectivity index (χ0n) is 5.29. The van der Waals surface area contributed by atoms with Gasteiger partial charge in [-0.1, -0.05) is 0 Å². The fourth-order valence-corrected chi connectivity index (χ4v) is 0.280. The van der Waals surface area contributed by atoms with Gasteiger partial charge in [-0.2, -0.15) is 0 Å². The van der Waals surface area contributed by atoms with Crippen LogP contribution in [0.5, 0.6) is 0 Å². The zero-order chi connectivity index (χ0) is 7.98. The van der Waals surface area contributed by atoms with E-state index in [9.17, 15) is 9.18 Å². The third kappa shape index (κ3) is 4.22. The van der Waals surface area contributed by atoms with E-state index in [1.54, 1.807) is 0 Å². The molecule has 5 heteroatoms. The fraction of sp³-hybridized carbons (Fsp3) is 0.800. The van der Waals surface area contributed by atoms with Crippen LogP contribution in [-0.2, 0) is 9.53 Å². The molecule has 60 valence electrons. The maximum atomic E-state index is 11.3. The summed E-state index contributed by atoms with van der Waals surface area (Å²) in [5.74, 6) is -1.03. The van der Waals surface area contributed by atoms with Crippen LogP contribution in [0.3, 0.4) is 0 Å². The van der Waals surface area contributed by atoms with Crippen molar-refractivity contribution < 1.29 is 24.1 Å². The monoisotopic (exact) mass is 152 g/mol. The molecule has 0 spiro atoms. The number of aliphatic hydroxyl groups is 2. The number of halogens is 1. The minimum absolute atomic E-state index is 0.362. The van der Waals surface area contributed by atoms with Gasteiger partial charge in [-0.05, 0) is 0 Å². The van der Waals surface area contributed by atoms with Crippen LogP contribution in [0.2, 0.25) is 0 Å². The highest BCUT2D eigenvalue weighted by atomic mass is 19.1. The molecule has 0 rings (SSSR count). The normalized spacial score (nSPS) is 12.7. The molecule has 0 fully saturated rings. The number of rotatable bonds is 4. The van der Waals surface area contributed by atoms with Crippen LogP contribution in [0.15, 0.2) is 0 Å². The lowest BCUT2D eigenvalue weighted by Gasteiger charge is -2.05. The Morgan fingerprint density at radius 3 is 2.70 bits per heavy atom. The third-order valence-electron chi connectivity index (χ3n) is 0.757. The number of alkyl halides is 1. The largest absolute Gasteiger partial charge is 0.461 e. The molecule has 4 nitrogen and oxygen atoms in total. The molecule has 0 aliphatic carbocycles. The Labute approximate surface area is 57.2 Å². The molecule has 0 aromatic heterocycles. The zero-order valence-corrected chi connectivity index (χ0v) is 5.29. The number of ether oxygens (including phenoxy) is 1. The van der Waals surface area contributed by atoms with Crippen LogP contribution >= 0.6 is 0 Å². The third-order valence-corrected chi connectivity index (χ3v) is 0.757. The predicted octanol–water partition coefficient (Wildman–Crippen LogP) is -1.15. The molecule has 0 bridgehead atoms. The summed E-state index contributed by atoms with van der Waals surface area (Å²) < 4.78 is 15.4. The van der Waals surface area contributed by atoms with Crippen LogP contribution in [0.1, 0.15) is 0 Å². The van der Waals surface area contributed by atoms with Crippen LogP contribution < -0.4 is 0 Å². The van der Waals surface area contributed by atoms with Crippen LogP contribution in [0.25, 0.3) is 0 Å². The minimum Gasteiger partial charge on any atom is -0.461 e. The molecular weight excluding hydrogens is 143 g/mol. The van der Waals surface area contributed by atoms with Gasteiger partial charge >= 0.3 is 5.97 Å². The van der Waals surface area contributed by atoms with E-state index < -0.39 is 25.4 Å². The predicted molar refractivity (Wildman–Crippen MR) is 30.0 cm³/mol. The highest BCUT2D eigenvalue weighted by Gasteiger charge is 2.05. The summed E-state index contributed by atoms with van der Waals surface area (Å²) in [5, 5.41) is 16.7. The maximum absolute atomic E-state index is 11.3. The van der Waals surface area contributed by atoms with Crippen molar-refractivity contribution in [3.05, 3.63) is 0 Å². The molecule has 0 heterocycles. The van der Waals surface area contributed by atoms with Crippen LogP contribution in [-0.4, -0.2) is 42.2 Å². The van der Waals surface area contributed by atoms with Crippen LogP contribution in [0, 0.1) is 0 Å². The number of hydrogen-bond donors (Lipinski definition) is 2. The Morgan fingerprint density at radius 2 is 2.30 bits per heavy atom. The second-order valence-corrected chi connectivity index (χ2v) is 1.65. The quantitative estimate of drug-likeness (QED) is 0.499. The molecule has 1 atom stereocenters. The molecule has 0 amide bonds. The lowest BCUT2D eigenvalue weighted by Crippen LogP contribution is -2.22. The topological polar surface area (TPSA) is 66.8 Å². The molecule has 0 saturated heterocycles. The lowest BCUT2D eigenvalue weighted by molar-refractivity contribution is -0.148. The van der Waals surface area contributed by atoms with Gasteiger partial charge in [0.2, 0.25) is 0 Å². The molecule has 0 aliphatic rings. The summed E-state index contributed by atoms with van der Waals surface area (Å²) in [6.45, 7) is -2.07. The summed E-state index contributed by atoms with van der Waals surface area (Å²) >= 11 is 0. The van der Waals surface area contributed by atoms with E-state index in [0.29, 0.717) is 0 Å². The number of aliphatic hydroxyl groups excluding tert-OH is 2. The number of carbonyl (C=O) groups is 1. The summed E-state index contributed by atoms with van der Waals surface area (Å²) in [6, 6.07) is 0. The summed E-state index contributed by atoms with van der Waals surface area (Å²) in [6.07, 6.45) is -1.12. The maximum Gasteiger partial charge on any atom is 0.337 e. The number of esters is 1. The van der Waals surface area contributed by atoms with Crippen molar-refractivity contribution >= 4 is 5.97 Å². The molecule has 0 aliphatic heterocycles. The molecule has 0 radical (unpaired) electrons. The Bertz CT molecular complexity index is 106. The van der Waals surface area contributed by atoms with Crippen molar-refractivity contribution in [3.8, 4) is 0 Å². The van der Waals surface area contributed by atoms with Crippen molar-refractivity contribution in [2.45, 2.75) is 6.10 Å². The summed E-state index contributed by atoms with van der Waals surface area (Å²) in [4.78, 5) is 10.0. The second kappa shape index (κ2) is 5.13. The van der Waals surface area contributed by atoms with E-state index in [4.69, 9.17) is 10.2 Å². The molecule has 0 aromatic carbocycles. The molecule has 0 saturated carbocycles. The summed E-state index contributed by atoms with van der Waals surface area (Å²) in [7, 11) is 0. The lowest BCUT2D eigenvalue weighted by atomic mass is 10.4. The molecule has 2 N–H and O–H groups in total. The Kier molecular flexibility index (Phi) is 4.78. The smallest absolute Gasteiger partial charge is 0.337 e. The van der Waals surface area contributed by atoms with Crippen molar-refractivity contribution in [1.82, 2.24) is 0 Å². The van der Waals surface area contributed by atoms with E-state index in [-0.39, 0.29) is 6.61 Å². The highest BCUT2D eigenvalue weighted by Crippen LogP contribution is 1.85. The molecular formula is C5H9FO4. The Hall–Kier alpha value is -0.680. The minimum atomic E-state index is -1.21. The average Bonchev–Trinajstić information content (AvgIpc) is 1.99. The van der Waals surface area contributed by atoms with Crippen molar-refractivity contribution in [3.63, 3.8) is 0 Å². The van der Waals surface area contributed by atoms with Gasteiger partial charge in [0.1, 0.15) is 12.7 Å². The van der Waals surface area contributed by atoms with Gasteiger partial charge in [-0.3, -0.25) is 0 Å². The average molecular weight is 152 g/mol. The summed E-state index contributed by atoms with van der Waals surface area (Å²) in [5.41, 5.74) is 0. The number of carbonyl (C=O) groups excluding carboxylic acids is 1. The van der Waals surface area contributed by atoms with E-state index >= 15 is 0 Å². The van der Waals surface area contributed by atoms with E-state index in [1.807, 2.05) is 0 Å². The molecule has 1 unspecified atom stereocenters. The van der Waals surface area contributed by atoms with Crippen molar-refractivity contribution in [1.29, 1.82) is 0 Å². The molecule has 0 aromatic rings. The van der Waals surface area contributed by atoms with Gasteiger partial charge in [-0.25, -0.2) is 9.18 Å². The SMILES string of the molecule is O=C(CF)OCC(O)CO. The van der Waals surface area contributed by atoms with Gasteiger partial charge in [0.25, 0.3) is 0 Å². The van der Waals surface area contributed by atoms with E-state index in [2.05, 4.69) is 4.74 Å². The Balaban J connectivity index is 3.26. The van der Waals surface area contributed by atoms with Gasteiger partial charge in [0.15, 0.2) is 6.67 Å². The number of hydrogen-bond acceptors (Lipinski definition) is 4. The standard InChI is InChI=1S/C5H9FO4/c6-1-5(9)10-3-4(8)2-7/h4,7-8H,1-3H2. The van der Waals surface area contributed by atoms with Crippen molar-refractivity contribution in [2.24, 2.45) is 0 Å². The fourth-order valence-electron chi connectivity index (χ4n) is 0.280. The molecule has 10 heavy (non-hydrogen) atoms. The second-order valence-electron chi connectivity index (χ2n) is 1.65. The van der Waals surface area contributed by atoms with Gasteiger partial charge in [0, 0.05) is 0 Å². The first-order valence-corrected chi connectivity index (χ1v) is 2.71. The van der Waals surface area contributed by atoms with Gasteiger partial charge < -0.3 is 14.9 Å².